The van der Waals surface area contributed by atoms with Crippen molar-refractivity contribution in [2.75, 3.05) is 18.1 Å². The van der Waals surface area contributed by atoms with Crippen LogP contribution in [0.3, 0.4) is 0 Å². The van der Waals surface area contributed by atoms with Gasteiger partial charge in [0.1, 0.15) is 0 Å². The maximum atomic E-state index is 11.7. The quantitative estimate of drug-likeness (QED) is 0.635. The lowest BCUT2D eigenvalue weighted by Crippen LogP contribution is -2.42. The largest absolute Gasteiger partial charge is 0.352 e. The smallest absolute Gasteiger partial charge is 0.161 e. The Labute approximate surface area is 96.2 Å². The average Bonchev–Trinajstić information content (AvgIpc) is 2.52. The molecular weight excluding hydrogens is 228 g/mol. The zero-order valence-corrected chi connectivity index (χ0v) is 10.3. The molecule has 3 rings (SSSR count). The molecule has 92 valence electrons. The predicted molar refractivity (Wildman–Crippen MR) is 58.6 cm³/mol. The standard InChI is InChI=1S/C11H18O4S/c1-7-5-16(12,13)6-9-10(7)8-3-2-4-14-11(8)15-9/h7-11H,2-6H2,1H3. The molecule has 3 saturated heterocycles. The summed E-state index contributed by atoms with van der Waals surface area (Å²) in [6.45, 7) is 2.79. The summed E-state index contributed by atoms with van der Waals surface area (Å²) in [5.41, 5.74) is 0. The minimum atomic E-state index is -2.91. The Morgan fingerprint density at radius 3 is 2.88 bits per heavy atom. The van der Waals surface area contributed by atoms with Crippen molar-refractivity contribution in [3.8, 4) is 0 Å². The van der Waals surface area contributed by atoms with Gasteiger partial charge < -0.3 is 9.47 Å². The highest BCUT2D eigenvalue weighted by atomic mass is 32.2. The Morgan fingerprint density at radius 1 is 1.25 bits per heavy atom. The van der Waals surface area contributed by atoms with Crippen LogP contribution in [0.2, 0.25) is 0 Å². The van der Waals surface area contributed by atoms with Crippen LogP contribution in [0.25, 0.3) is 0 Å². The lowest BCUT2D eigenvalue weighted by molar-refractivity contribution is -0.163. The fourth-order valence-corrected chi connectivity index (χ4v) is 5.56. The van der Waals surface area contributed by atoms with Crippen molar-refractivity contribution in [2.45, 2.75) is 32.2 Å². The summed E-state index contributed by atoms with van der Waals surface area (Å²) < 4.78 is 34.7. The van der Waals surface area contributed by atoms with Crippen molar-refractivity contribution in [3.05, 3.63) is 0 Å². The molecule has 16 heavy (non-hydrogen) atoms. The van der Waals surface area contributed by atoms with Crippen LogP contribution in [-0.2, 0) is 19.3 Å². The highest BCUT2D eigenvalue weighted by Crippen LogP contribution is 2.45. The van der Waals surface area contributed by atoms with Gasteiger partial charge in [-0.3, -0.25) is 0 Å². The Kier molecular flexibility index (Phi) is 2.53. The second-order valence-electron chi connectivity index (χ2n) is 5.35. The molecule has 0 amide bonds. The molecule has 3 heterocycles. The number of sulfone groups is 1. The normalized spacial score (nSPS) is 50.7. The predicted octanol–water partition coefficient (Wildman–Crippen LogP) is 0.819. The third-order valence-electron chi connectivity index (χ3n) is 4.14. The molecule has 4 nitrogen and oxygen atoms in total. The van der Waals surface area contributed by atoms with Crippen LogP contribution in [0, 0.1) is 17.8 Å². The highest BCUT2D eigenvalue weighted by Gasteiger charge is 2.52. The SMILES string of the molecule is CC1CS(=O)(=O)CC2OC3OCCCC3C12. The number of rotatable bonds is 0. The Bertz CT molecular complexity index is 377. The first-order chi connectivity index (χ1) is 7.57. The second kappa shape index (κ2) is 3.68. The van der Waals surface area contributed by atoms with Gasteiger partial charge in [-0.05, 0) is 24.7 Å². The molecular formula is C11H18O4S. The summed E-state index contributed by atoms with van der Waals surface area (Å²) >= 11 is 0. The van der Waals surface area contributed by atoms with E-state index < -0.39 is 9.84 Å². The molecule has 0 aromatic carbocycles. The minimum Gasteiger partial charge on any atom is -0.352 e. The van der Waals surface area contributed by atoms with Crippen LogP contribution in [0.5, 0.6) is 0 Å². The number of hydrogen-bond donors (Lipinski definition) is 0. The van der Waals surface area contributed by atoms with E-state index in [0.717, 1.165) is 19.4 Å². The Balaban J connectivity index is 1.86. The van der Waals surface area contributed by atoms with Crippen LogP contribution < -0.4 is 0 Å². The van der Waals surface area contributed by atoms with Crippen LogP contribution in [0.4, 0.5) is 0 Å². The molecule has 0 radical (unpaired) electrons. The van der Waals surface area contributed by atoms with E-state index in [1.807, 2.05) is 6.92 Å². The van der Waals surface area contributed by atoms with Crippen molar-refractivity contribution >= 4 is 9.84 Å². The summed E-state index contributed by atoms with van der Waals surface area (Å²) in [4.78, 5) is 0. The fourth-order valence-electron chi connectivity index (χ4n) is 3.60. The summed E-state index contributed by atoms with van der Waals surface area (Å²) in [5.74, 6) is 1.53. The van der Waals surface area contributed by atoms with Gasteiger partial charge in [0.25, 0.3) is 0 Å². The van der Waals surface area contributed by atoms with E-state index in [9.17, 15) is 8.42 Å². The van der Waals surface area contributed by atoms with E-state index >= 15 is 0 Å². The molecule has 0 bridgehead atoms. The van der Waals surface area contributed by atoms with E-state index in [-0.39, 0.29) is 24.1 Å². The van der Waals surface area contributed by atoms with Gasteiger partial charge in [-0.15, -0.1) is 0 Å². The first-order valence-corrected chi connectivity index (χ1v) is 7.86. The van der Waals surface area contributed by atoms with Crippen molar-refractivity contribution in [1.82, 2.24) is 0 Å². The van der Waals surface area contributed by atoms with E-state index in [4.69, 9.17) is 9.47 Å². The maximum absolute atomic E-state index is 11.7. The molecule has 3 aliphatic heterocycles. The molecule has 0 N–H and O–H groups in total. The minimum absolute atomic E-state index is 0.123. The first-order valence-electron chi connectivity index (χ1n) is 6.04. The fraction of sp³-hybridized carbons (Fsp3) is 1.00. The summed E-state index contributed by atoms with van der Waals surface area (Å²) in [6, 6.07) is 0. The molecule has 5 atom stereocenters. The molecule has 3 aliphatic rings. The van der Waals surface area contributed by atoms with Gasteiger partial charge >= 0.3 is 0 Å². The van der Waals surface area contributed by atoms with Crippen LogP contribution in [-0.4, -0.2) is 38.9 Å². The summed E-state index contributed by atoms with van der Waals surface area (Å²) in [6.07, 6.45) is 1.94. The molecule has 0 saturated carbocycles. The van der Waals surface area contributed by atoms with Crippen molar-refractivity contribution in [3.63, 3.8) is 0 Å². The Morgan fingerprint density at radius 2 is 2.06 bits per heavy atom. The molecule has 5 heteroatoms. The molecule has 0 aromatic heterocycles. The molecule has 0 aromatic rings. The number of hydrogen-bond acceptors (Lipinski definition) is 4. The molecule has 0 spiro atoms. The van der Waals surface area contributed by atoms with Crippen molar-refractivity contribution in [1.29, 1.82) is 0 Å². The highest BCUT2D eigenvalue weighted by molar-refractivity contribution is 7.91. The molecule has 5 unspecified atom stereocenters. The lowest BCUT2D eigenvalue weighted by Gasteiger charge is -2.34. The monoisotopic (exact) mass is 246 g/mol. The molecule has 3 fully saturated rings. The van der Waals surface area contributed by atoms with Gasteiger partial charge in [-0.25, -0.2) is 8.42 Å². The Hall–Kier alpha value is -0.130. The van der Waals surface area contributed by atoms with Crippen LogP contribution in [0.1, 0.15) is 19.8 Å². The summed E-state index contributed by atoms with van der Waals surface area (Å²) in [7, 11) is -2.91. The van der Waals surface area contributed by atoms with Gasteiger partial charge in [0.15, 0.2) is 16.1 Å². The number of ether oxygens (including phenoxy) is 2. The van der Waals surface area contributed by atoms with Gasteiger partial charge in [-0.2, -0.15) is 0 Å². The average molecular weight is 246 g/mol. The third-order valence-corrected chi connectivity index (χ3v) is 6.01. The van der Waals surface area contributed by atoms with Crippen LogP contribution in [0.15, 0.2) is 0 Å². The third kappa shape index (κ3) is 1.69. The zero-order chi connectivity index (χ0) is 11.3. The van der Waals surface area contributed by atoms with Gasteiger partial charge in [-0.1, -0.05) is 6.92 Å². The summed E-state index contributed by atoms with van der Waals surface area (Å²) in [5, 5.41) is 0. The van der Waals surface area contributed by atoms with E-state index in [0.29, 0.717) is 17.6 Å². The van der Waals surface area contributed by atoms with Crippen molar-refractivity contribution < 1.29 is 17.9 Å². The maximum Gasteiger partial charge on any atom is 0.161 e. The number of fused-ring (bicyclic) bond motifs is 3. The van der Waals surface area contributed by atoms with Crippen LogP contribution >= 0.6 is 0 Å². The second-order valence-corrected chi connectivity index (χ2v) is 7.51. The first kappa shape index (κ1) is 11.0. The van der Waals surface area contributed by atoms with Gasteiger partial charge in [0.2, 0.25) is 0 Å². The van der Waals surface area contributed by atoms with Gasteiger partial charge in [0.05, 0.1) is 17.6 Å². The molecule has 0 aliphatic carbocycles. The van der Waals surface area contributed by atoms with E-state index in [2.05, 4.69) is 0 Å². The lowest BCUT2D eigenvalue weighted by atomic mass is 9.78. The van der Waals surface area contributed by atoms with Gasteiger partial charge in [0, 0.05) is 12.5 Å². The van der Waals surface area contributed by atoms with E-state index in [1.165, 1.54) is 0 Å². The topological polar surface area (TPSA) is 52.6 Å². The zero-order valence-electron chi connectivity index (χ0n) is 9.46. The van der Waals surface area contributed by atoms with Crippen molar-refractivity contribution in [2.24, 2.45) is 17.8 Å². The van der Waals surface area contributed by atoms with E-state index in [1.54, 1.807) is 0 Å².